The topological polar surface area (TPSA) is 45.8 Å². The minimum absolute atomic E-state index is 0.0385. The van der Waals surface area contributed by atoms with Crippen molar-refractivity contribution in [1.82, 2.24) is 4.57 Å². The Morgan fingerprint density at radius 3 is 2.73 bits per heavy atom. The molecule has 0 bridgehead atoms. The summed E-state index contributed by atoms with van der Waals surface area (Å²) in [6, 6.07) is 4.45. The van der Waals surface area contributed by atoms with Crippen LogP contribution in [0.2, 0.25) is 0 Å². The van der Waals surface area contributed by atoms with Crippen molar-refractivity contribution in [2.75, 3.05) is 0 Å². The lowest BCUT2D eigenvalue weighted by atomic mass is 10.1. The highest BCUT2D eigenvalue weighted by molar-refractivity contribution is 5.29. The Labute approximate surface area is 89.0 Å². The molecular weight excluding hydrogens is 188 g/mol. The summed E-state index contributed by atoms with van der Waals surface area (Å²) in [7, 11) is 0. The lowest BCUT2D eigenvalue weighted by molar-refractivity contribution is 0.672. The second-order valence-corrected chi connectivity index (χ2v) is 4.19. The van der Waals surface area contributed by atoms with Crippen LogP contribution in [0.5, 0.6) is 0 Å². The summed E-state index contributed by atoms with van der Waals surface area (Å²) >= 11 is 0. The van der Waals surface area contributed by atoms with Crippen molar-refractivity contribution in [3.63, 3.8) is 0 Å². The van der Waals surface area contributed by atoms with Gasteiger partial charge in [-0.05, 0) is 38.3 Å². The predicted molar refractivity (Wildman–Crippen MR) is 57.8 cm³/mol. The molecule has 1 fully saturated rings. The van der Waals surface area contributed by atoms with Crippen molar-refractivity contribution < 1.29 is 0 Å². The summed E-state index contributed by atoms with van der Waals surface area (Å²) in [5.74, 6) is 0. The second-order valence-electron chi connectivity index (χ2n) is 4.19. The molecule has 3 nitrogen and oxygen atoms in total. The van der Waals surface area contributed by atoms with Crippen molar-refractivity contribution in [2.45, 2.75) is 39.2 Å². The van der Waals surface area contributed by atoms with Gasteiger partial charge in [0.1, 0.15) is 0 Å². The number of nitrogens with zero attached hydrogens (tertiary/aromatic N) is 2. The number of hydrogen-bond acceptors (Lipinski definition) is 2. The van der Waals surface area contributed by atoms with Crippen LogP contribution >= 0.6 is 0 Å². The van der Waals surface area contributed by atoms with Crippen molar-refractivity contribution in [3.05, 3.63) is 33.2 Å². The lowest BCUT2D eigenvalue weighted by Crippen LogP contribution is -2.25. The number of rotatable bonds is 2. The molecule has 1 aliphatic carbocycles. The molecule has 0 atom stereocenters. The first-order valence-electron chi connectivity index (χ1n) is 5.23. The zero-order valence-electron chi connectivity index (χ0n) is 9.08. The van der Waals surface area contributed by atoms with Gasteiger partial charge in [-0.15, -0.1) is 0 Å². The van der Waals surface area contributed by atoms with E-state index in [1.165, 1.54) is 0 Å². The summed E-state index contributed by atoms with van der Waals surface area (Å²) in [5, 5.41) is 8.68. The van der Waals surface area contributed by atoms with Gasteiger partial charge in [-0.3, -0.25) is 4.79 Å². The molecule has 2 rings (SSSR count). The Morgan fingerprint density at radius 1 is 1.53 bits per heavy atom. The van der Waals surface area contributed by atoms with Crippen molar-refractivity contribution in [2.24, 2.45) is 0 Å². The summed E-state index contributed by atoms with van der Waals surface area (Å²) in [6.07, 6.45) is 2.41. The van der Waals surface area contributed by atoms with Gasteiger partial charge in [0, 0.05) is 17.3 Å². The van der Waals surface area contributed by atoms with Crippen LogP contribution in [0, 0.1) is 25.2 Å². The minimum atomic E-state index is 0.0385. The zero-order chi connectivity index (χ0) is 11.0. The fraction of sp³-hybridized carbons (Fsp3) is 0.500. The molecule has 0 amide bonds. The number of hydrogen-bond donors (Lipinski definition) is 0. The van der Waals surface area contributed by atoms with Gasteiger partial charge >= 0.3 is 0 Å². The van der Waals surface area contributed by atoms with Crippen LogP contribution in [0.3, 0.4) is 0 Å². The molecule has 1 heterocycles. The van der Waals surface area contributed by atoms with Crippen LogP contribution in [0.4, 0.5) is 0 Å². The first kappa shape index (κ1) is 9.97. The van der Waals surface area contributed by atoms with Crippen LogP contribution in [-0.4, -0.2) is 4.57 Å². The predicted octanol–water partition coefficient (Wildman–Crippen LogP) is 1.87. The second kappa shape index (κ2) is 3.54. The Hall–Kier alpha value is -1.56. The average Bonchev–Trinajstić information content (AvgIpc) is 2.96. The Balaban J connectivity index is 2.61. The third-order valence-electron chi connectivity index (χ3n) is 2.93. The Morgan fingerprint density at radius 2 is 2.20 bits per heavy atom. The maximum absolute atomic E-state index is 12.1. The molecular formula is C12H14N2O. The summed E-state index contributed by atoms with van der Waals surface area (Å²) in [5.41, 5.74) is 2.66. The molecule has 0 unspecified atom stereocenters. The monoisotopic (exact) mass is 202 g/mol. The maximum atomic E-state index is 12.1. The van der Waals surface area contributed by atoms with Gasteiger partial charge in [-0.25, -0.2) is 0 Å². The van der Waals surface area contributed by atoms with E-state index in [2.05, 4.69) is 6.07 Å². The van der Waals surface area contributed by atoms with E-state index < -0.39 is 0 Å². The molecule has 0 radical (unpaired) electrons. The highest BCUT2D eigenvalue weighted by Gasteiger charge is 2.26. The van der Waals surface area contributed by atoms with Gasteiger partial charge in [-0.1, -0.05) is 0 Å². The van der Waals surface area contributed by atoms with Crippen LogP contribution < -0.4 is 5.56 Å². The smallest absolute Gasteiger partial charge is 0.255 e. The first-order valence-corrected chi connectivity index (χ1v) is 5.23. The van der Waals surface area contributed by atoms with Gasteiger partial charge < -0.3 is 4.57 Å². The van der Waals surface area contributed by atoms with Crippen LogP contribution in [0.25, 0.3) is 0 Å². The molecule has 1 aliphatic rings. The molecule has 78 valence electrons. The van der Waals surface area contributed by atoms with E-state index in [-0.39, 0.29) is 12.0 Å². The Kier molecular flexibility index (Phi) is 2.36. The number of aryl methyl sites for hydroxylation is 2. The van der Waals surface area contributed by atoms with Gasteiger partial charge in [0.25, 0.3) is 5.56 Å². The summed E-state index contributed by atoms with van der Waals surface area (Å²) < 4.78 is 1.85. The third kappa shape index (κ3) is 1.68. The maximum Gasteiger partial charge on any atom is 0.255 e. The molecule has 1 aromatic heterocycles. The minimum Gasteiger partial charge on any atom is -0.310 e. The fourth-order valence-corrected chi connectivity index (χ4v) is 2.02. The molecule has 0 saturated heterocycles. The van der Waals surface area contributed by atoms with Crippen molar-refractivity contribution in [3.8, 4) is 6.07 Å². The van der Waals surface area contributed by atoms with Gasteiger partial charge in [0.2, 0.25) is 0 Å². The van der Waals surface area contributed by atoms with E-state index in [4.69, 9.17) is 5.26 Å². The molecule has 0 aliphatic heterocycles. The molecule has 0 spiro atoms. The van der Waals surface area contributed by atoms with E-state index in [0.29, 0.717) is 11.6 Å². The largest absolute Gasteiger partial charge is 0.310 e. The first-order chi connectivity index (χ1) is 7.15. The van der Waals surface area contributed by atoms with Crippen molar-refractivity contribution >= 4 is 0 Å². The molecule has 15 heavy (non-hydrogen) atoms. The third-order valence-corrected chi connectivity index (χ3v) is 2.93. The lowest BCUT2D eigenvalue weighted by Gasteiger charge is -2.12. The molecule has 0 aromatic carbocycles. The summed E-state index contributed by atoms with van der Waals surface area (Å²) in [6.45, 7) is 3.86. The fourth-order valence-electron chi connectivity index (χ4n) is 2.02. The molecule has 1 aromatic rings. The number of nitriles is 1. The Bertz CT molecular complexity index is 490. The highest BCUT2D eigenvalue weighted by Crippen LogP contribution is 2.34. The van der Waals surface area contributed by atoms with Gasteiger partial charge in [0.15, 0.2) is 0 Å². The summed E-state index contributed by atoms with van der Waals surface area (Å²) in [4.78, 5) is 12.1. The van der Waals surface area contributed by atoms with Crippen LogP contribution in [0.1, 0.15) is 35.7 Å². The van der Waals surface area contributed by atoms with Gasteiger partial charge in [-0.2, -0.15) is 5.26 Å². The quantitative estimate of drug-likeness (QED) is 0.734. The normalized spacial score (nSPS) is 15.0. The molecule has 1 saturated carbocycles. The number of aromatic nitrogens is 1. The number of pyridine rings is 1. The van der Waals surface area contributed by atoms with E-state index in [0.717, 1.165) is 24.1 Å². The van der Waals surface area contributed by atoms with Crippen LogP contribution in [0.15, 0.2) is 10.9 Å². The van der Waals surface area contributed by atoms with Crippen LogP contribution in [-0.2, 0) is 6.42 Å². The van der Waals surface area contributed by atoms with E-state index in [9.17, 15) is 4.79 Å². The average molecular weight is 202 g/mol. The SMILES string of the molecule is Cc1cc(C)n(C2CC2)c(=O)c1CC#N. The standard InChI is InChI=1S/C12H14N2O/c1-8-7-9(2)14(10-3-4-10)12(15)11(8)5-6-13/h7,10H,3-5H2,1-2H3. The van der Waals surface area contributed by atoms with Crippen molar-refractivity contribution in [1.29, 1.82) is 5.26 Å². The van der Waals surface area contributed by atoms with Gasteiger partial charge in [0.05, 0.1) is 12.5 Å². The molecule has 3 heteroatoms. The van der Waals surface area contributed by atoms with E-state index in [1.54, 1.807) is 0 Å². The van der Waals surface area contributed by atoms with E-state index in [1.807, 2.05) is 24.5 Å². The molecule has 0 N–H and O–H groups in total. The van der Waals surface area contributed by atoms with E-state index >= 15 is 0 Å². The highest BCUT2D eigenvalue weighted by atomic mass is 16.1. The zero-order valence-corrected chi connectivity index (χ0v) is 9.08.